The highest BCUT2D eigenvalue weighted by Crippen LogP contribution is 2.26. The first-order chi connectivity index (χ1) is 9.26. The number of fused-ring (bicyclic) bond motifs is 1. The quantitative estimate of drug-likeness (QED) is 0.870. The molecule has 3 unspecified atom stereocenters. The lowest BCUT2D eigenvalue weighted by Crippen LogP contribution is -2.43. The summed E-state index contributed by atoms with van der Waals surface area (Å²) < 4.78 is 5.33. The lowest BCUT2D eigenvalue weighted by atomic mass is 10.1. The second-order valence-electron chi connectivity index (χ2n) is 5.43. The number of amides is 1. The number of para-hydroxylation sites is 1. The van der Waals surface area contributed by atoms with Crippen LogP contribution in [0.15, 0.2) is 24.3 Å². The van der Waals surface area contributed by atoms with Crippen molar-refractivity contribution in [3.63, 3.8) is 0 Å². The molecule has 1 saturated carbocycles. The van der Waals surface area contributed by atoms with E-state index < -0.39 is 0 Å². The Morgan fingerprint density at radius 1 is 1.37 bits per heavy atom. The zero-order chi connectivity index (χ0) is 13.2. The molecule has 0 bridgehead atoms. The predicted octanol–water partition coefficient (Wildman–Crippen LogP) is 1.71. The molecule has 1 amide bonds. The lowest BCUT2D eigenvalue weighted by Gasteiger charge is -2.17. The molecule has 1 aromatic carbocycles. The van der Waals surface area contributed by atoms with Crippen molar-refractivity contribution < 1.29 is 9.53 Å². The summed E-state index contributed by atoms with van der Waals surface area (Å²) >= 11 is 0. The van der Waals surface area contributed by atoms with Gasteiger partial charge in [0.25, 0.3) is 0 Å². The minimum Gasteiger partial charge on any atom is -0.381 e. The average molecular weight is 260 g/mol. The predicted molar refractivity (Wildman–Crippen MR) is 74.1 cm³/mol. The molecule has 102 valence electrons. The summed E-state index contributed by atoms with van der Waals surface area (Å²) in [5, 5.41) is 6.43. The van der Waals surface area contributed by atoms with Gasteiger partial charge < -0.3 is 15.4 Å². The van der Waals surface area contributed by atoms with Crippen LogP contribution in [0.1, 0.15) is 24.8 Å². The summed E-state index contributed by atoms with van der Waals surface area (Å²) in [4.78, 5) is 12.3. The van der Waals surface area contributed by atoms with Gasteiger partial charge in [0, 0.05) is 25.3 Å². The monoisotopic (exact) mass is 260 g/mol. The standard InChI is InChI=1S/C15H20N2O2/c1-19-12-7-6-11(9-12)16-15(18)14-8-10-4-2-3-5-13(10)17-14/h2-5,11-12,14,17H,6-9H2,1H3,(H,16,18). The topological polar surface area (TPSA) is 50.4 Å². The van der Waals surface area contributed by atoms with E-state index in [2.05, 4.69) is 16.7 Å². The average Bonchev–Trinajstić information content (AvgIpc) is 3.04. The van der Waals surface area contributed by atoms with E-state index in [-0.39, 0.29) is 18.0 Å². The molecule has 1 aliphatic carbocycles. The summed E-state index contributed by atoms with van der Waals surface area (Å²) in [7, 11) is 1.74. The first kappa shape index (κ1) is 12.5. The van der Waals surface area contributed by atoms with Crippen molar-refractivity contribution in [2.24, 2.45) is 0 Å². The van der Waals surface area contributed by atoms with Crippen molar-refractivity contribution in [1.82, 2.24) is 5.32 Å². The van der Waals surface area contributed by atoms with Crippen molar-refractivity contribution in [3.8, 4) is 0 Å². The number of ether oxygens (including phenoxy) is 1. The smallest absolute Gasteiger partial charge is 0.243 e. The molecule has 2 aliphatic rings. The fraction of sp³-hybridized carbons (Fsp3) is 0.533. The van der Waals surface area contributed by atoms with Gasteiger partial charge in [-0.1, -0.05) is 18.2 Å². The van der Waals surface area contributed by atoms with Crippen LogP contribution in [0.25, 0.3) is 0 Å². The first-order valence-corrected chi connectivity index (χ1v) is 6.94. The Labute approximate surface area is 113 Å². The molecule has 3 atom stereocenters. The maximum absolute atomic E-state index is 12.3. The normalized spacial score (nSPS) is 28.8. The van der Waals surface area contributed by atoms with E-state index in [1.165, 1.54) is 5.56 Å². The highest BCUT2D eigenvalue weighted by molar-refractivity contribution is 5.87. The second-order valence-corrected chi connectivity index (χ2v) is 5.43. The Morgan fingerprint density at radius 2 is 2.21 bits per heavy atom. The Bertz CT molecular complexity index is 450. The van der Waals surface area contributed by atoms with Crippen LogP contribution in [-0.2, 0) is 16.0 Å². The van der Waals surface area contributed by atoms with Crippen LogP contribution in [-0.4, -0.2) is 31.2 Å². The minimum atomic E-state index is -0.126. The van der Waals surface area contributed by atoms with E-state index in [1.807, 2.05) is 18.2 Å². The van der Waals surface area contributed by atoms with E-state index >= 15 is 0 Å². The van der Waals surface area contributed by atoms with Gasteiger partial charge >= 0.3 is 0 Å². The van der Waals surface area contributed by atoms with Crippen molar-refractivity contribution in [3.05, 3.63) is 29.8 Å². The van der Waals surface area contributed by atoms with Crippen LogP contribution < -0.4 is 10.6 Å². The highest BCUT2D eigenvalue weighted by Gasteiger charge is 2.30. The van der Waals surface area contributed by atoms with Crippen molar-refractivity contribution in [1.29, 1.82) is 0 Å². The summed E-state index contributed by atoms with van der Waals surface area (Å²) in [6.45, 7) is 0. The van der Waals surface area contributed by atoms with Crippen LogP contribution in [0.2, 0.25) is 0 Å². The van der Waals surface area contributed by atoms with Gasteiger partial charge in [-0.15, -0.1) is 0 Å². The molecule has 3 rings (SSSR count). The molecule has 1 aliphatic heterocycles. The van der Waals surface area contributed by atoms with Gasteiger partial charge in [-0.05, 0) is 30.9 Å². The van der Waals surface area contributed by atoms with Crippen molar-refractivity contribution in [2.75, 3.05) is 12.4 Å². The van der Waals surface area contributed by atoms with Crippen LogP contribution in [0.5, 0.6) is 0 Å². The van der Waals surface area contributed by atoms with Crippen LogP contribution >= 0.6 is 0 Å². The maximum atomic E-state index is 12.3. The zero-order valence-corrected chi connectivity index (χ0v) is 11.2. The third kappa shape index (κ3) is 2.59. The minimum absolute atomic E-state index is 0.109. The summed E-state index contributed by atoms with van der Waals surface area (Å²) in [6.07, 6.45) is 4.08. The number of anilines is 1. The number of hydrogen-bond acceptors (Lipinski definition) is 3. The molecule has 1 aromatic rings. The third-order valence-corrected chi connectivity index (χ3v) is 4.15. The summed E-state index contributed by atoms with van der Waals surface area (Å²) in [6, 6.07) is 8.25. The molecule has 1 heterocycles. The van der Waals surface area contributed by atoms with Crippen molar-refractivity contribution in [2.45, 2.75) is 43.9 Å². The molecule has 1 fully saturated rings. The van der Waals surface area contributed by atoms with Gasteiger partial charge in [0.1, 0.15) is 6.04 Å². The summed E-state index contributed by atoms with van der Waals surface area (Å²) in [5.41, 5.74) is 2.31. The number of carbonyl (C=O) groups is 1. The number of nitrogens with one attached hydrogen (secondary N) is 2. The van der Waals surface area contributed by atoms with Gasteiger partial charge in [-0.2, -0.15) is 0 Å². The Hall–Kier alpha value is -1.55. The van der Waals surface area contributed by atoms with E-state index in [0.717, 1.165) is 31.4 Å². The number of benzene rings is 1. The Morgan fingerprint density at radius 3 is 2.95 bits per heavy atom. The van der Waals surface area contributed by atoms with Gasteiger partial charge in [0.2, 0.25) is 5.91 Å². The Balaban J connectivity index is 1.56. The molecular formula is C15H20N2O2. The van der Waals surface area contributed by atoms with E-state index in [0.29, 0.717) is 6.10 Å². The van der Waals surface area contributed by atoms with Crippen LogP contribution in [0, 0.1) is 0 Å². The fourth-order valence-electron chi connectivity index (χ4n) is 3.04. The van der Waals surface area contributed by atoms with Crippen LogP contribution in [0.3, 0.4) is 0 Å². The molecule has 0 spiro atoms. The number of methoxy groups -OCH3 is 1. The first-order valence-electron chi connectivity index (χ1n) is 6.94. The maximum Gasteiger partial charge on any atom is 0.243 e. The molecule has 4 heteroatoms. The largest absolute Gasteiger partial charge is 0.381 e. The number of hydrogen-bond donors (Lipinski definition) is 2. The highest BCUT2D eigenvalue weighted by atomic mass is 16.5. The van der Waals surface area contributed by atoms with Crippen LogP contribution in [0.4, 0.5) is 5.69 Å². The van der Waals surface area contributed by atoms with E-state index in [9.17, 15) is 4.79 Å². The van der Waals surface area contributed by atoms with Gasteiger partial charge in [0.15, 0.2) is 0 Å². The molecule has 0 aromatic heterocycles. The van der Waals surface area contributed by atoms with E-state index in [1.54, 1.807) is 7.11 Å². The number of rotatable bonds is 3. The summed E-state index contributed by atoms with van der Waals surface area (Å²) in [5.74, 6) is 0.109. The van der Waals surface area contributed by atoms with Gasteiger partial charge in [0.05, 0.1) is 6.10 Å². The zero-order valence-electron chi connectivity index (χ0n) is 11.2. The molecule has 0 saturated heterocycles. The van der Waals surface area contributed by atoms with E-state index in [4.69, 9.17) is 4.74 Å². The number of carbonyl (C=O) groups excluding carboxylic acids is 1. The molecule has 19 heavy (non-hydrogen) atoms. The van der Waals surface area contributed by atoms with Gasteiger partial charge in [-0.25, -0.2) is 0 Å². The molecule has 2 N–H and O–H groups in total. The fourth-order valence-corrected chi connectivity index (χ4v) is 3.04. The molecular weight excluding hydrogens is 240 g/mol. The third-order valence-electron chi connectivity index (χ3n) is 4.15. The molecule has 4 nitrogen and oxygen atoms in total. The Kier molecular flexibility index (Phi) is 3.42. The SMILES string of the molecule is COC1CCC(NC(=O)C2Cc3ccccc3N2)C1. The second kappa shape index (κ2) is 5.21. The molecule has 0 radical (unpaired) electrons. The van der Waals surface area contributed by atoms with Gasteiger partial charge in [-0.3, -0.25) is 4.79 Å². The van der Waals surface area contributed by atoms with Crippen molar-refractivity contribution >= 4 is 11.6 Å². The lowest BCUT2D eigenvalue weighted by molar-refractivity contribution is -0.122.